The van der Waals surface area contributed by atoms with Crippen molar-refractivity contribution in [2.45, 2.75) is 13.8 Å². The monoisotopic (exact) mass is 402 g/mol. The minimum atomic E-state index is 0.987. The average molecular weight is 403 g/mol. The van der Waals surface area contributed by atoms with Crippen LogP contribution in [-0.4, -0.2) is 4.98 Å². The van der Waals surface area contributed by atoms with E-state index in [9.17, 15) is 0 Å². The van der Waals surface area contributed by atoms with E-state index in [-0.39, 0.29) is 0 Å². The molecule has 0 radical (unpaired) electrons. The van der Waals surface area contributed by atoms with Crippen molar-refractivity contribution in [3.63, 3.8) is 0 Å². The van der Waals surface area contributed by atoms with E-state index in [1.165, 1.54) is 0 Å². The van der Waals surface area contributed by atoms with Crippen LogP contribution in [0.5, 0.6) is 0 Å². The molecule has 0 unspecified atom stereocenters. The molecule has 1 heterocycles. The standard InChI is InChI=1S/C27H20N2.C2H6/c1-3-10-23(11-4-1)29(24-12-5-2-6-13-24)25-18-15-22(16-19-25)27-20-17-21-9-7-8-14-26(21)28-27;1-2/h1-20H;1-2H3. The molecular weight excluding hydrogens is 376 g/mol. The van der Waals surface area contributed by atoms with Gasteiger partial charge in [-0.1, -0.05) is 86.6 Å². The van der Waals surface area contributed by atoms with Gasteiger partial charge in [-0.2, -0.15) is 0 Å². The van der Waals surface area contributed by atoms with Gasteiger partial charge in [0.1, 0.15) is 0 Å². The van der Waals surface area contributed by atoms with Crippen LogP contribution in [0.3, 0.4) is 0 Å². The first-order valence-corrected chi connectivity index (χ1v) is 10.7. The number of aromatic nitrogens is 1. The molecule has 0 aliphatic carbocycles. The summed E-state index contributed by atoms with van der Waals surface area (Å²) >= 11 is 0. The lowest BCUT2D eigenvalue weighted by molar-refractivity contribution is 1.28. The van der Waals surface area contributed by atoms with Crippen molar-refractivity contribution in [3.05, 3.63) is 121 Å². The number of nitrogens with zero attached hydrogens (tertiary/aromatic N) is 2. The van der Waals surface area contributed by atoms with Crippen LogP contribution in [0.4, 0.5) is 17.1 Å². The van der Waals surface area contributed by atoms with Crippen molar-refractivity contribution >= 4 is 28.0 Å². The first-order chi connectivity index (χ1) is 15.4. The van der Waals surface area contributed by atoms with Gasteiger partial charge in [0.15, 0.2) is 0 Å². The zero-order valence-corrected chi connectivity index (χ0v) is 17.9. The fraction of sp³-hybridized carbons (Fsp3) is 0.0690. The molecular formula is C29H26N2. The van der Waals surface area contributed by atoms with Gasteiger partial charge in [-0.05, 0) is 48.5 Å². The van der Waals surface area contributed by atoms with E-state index < -0.39 is 0 Å². The van der Waals surface area contributed by atoms with E-state index >= 15 is 0 Å². The molecule has 0 bridgehead atoms. The Kier molecular flexibility index (Phi) is 6.39. The van der Waals surface area contributed by atoms with E-state index in [0.29, 0.717) is 0 Å². The average Bonchev–Trinajstić information content (AvgIpc) is 2.87. The summed E-state index contributed by atoms with van der Waals surface area (Å²) in [4.78, 5) is 7.08. The Labute approximate surface area is 184 Å². The Hall–Kier alpha value is -3.91. The lowest BCUT2D eigenvalue weighted by Crippen LogP contribution is -2.09. The number of hydrogen-bond donors (Lipinski definition) is 0. The van der Waals surface area contributed by atoms with Crippen molar-refractivity contribution in [2.24, 2.45) is 0 Å². The van der Waals surface area contributed by atoms with Crippen molar-refractivity contribution in [3.8, 4) is 11.3 Å². The molecule has 0 fully saturated rings. The second-order valence-electron chi connectivity index (χ2n) is 6.94. The van der Waals surface area contributed by atoms with Gasteiger partial charge in [-0.3, -0.25) is 0 Å². The number of pyridine rings is 1. The Morgan fingerprint density at radius 2 is 1.00 bits per heavy atom. The molecule has 0 saturated heterocycles. The van der Waals surface area contributed by atoms with Gasteiger partial charge in [0.25, 0.3) is 0 Å². The molecule has 5 aromatic rings. The summed E-state index contributed by atoms with van der Waals surface area (Å²) < 4.78 is 0. The smallest absolute Gasteiger partial charge is 0.0709 e. The molecule has 2 nitrogen and oxygen atoms in total. The van der Waals surface area contributed by atoms with Crippen LogP contribution in [0.1, 0.15) is 13.8 Å². The summed E-state index contributed by atoms with van der Waals surface area (Å²) in [6.07, 6.45) is 0. The molecule has 0 N–H and O–H groups in total. The van der Waals surface area contributed by atoms with E-state index in [4.69, 9.17) is 4.98 Å². The van der Waals surface area contributed by atoms with E-state index in [1.807, 2.05) is 38.1 Å². The molecule has 152 valence electrons. The van der Waals surface area contributed by atoms with Crippen LogP contribution in [0, 0.1) is 0 Å². The van der Waals surface area contributed by atoms with Crippen LogP contribution in [0.15, 0.2) is 121 Å². The number of rotatable bonds is 4. The Morgan fingerprint density at radius 3 is 1.61 bits per heavy atom. The summed E-state index contributed by atoms with van der Waals surface area (Å²) in [6.45, 7) is 4.00. The fourth-order valence-electron chi connectivity index (χ4n) is 3.61. The molecule has 31 heavy (non-hydrogen) atoms. The summed E-state index contributed by atoms with van der Waals surface area (Å²) in [5.74, 6) is 0. The number of fused-ring (bicyclic) bond motifs is 1. The minimum absolute atomic E-state index is 0.987. The van der Waals surface area contributed by atoms with Crippen LogP contribution in [0.25, 0.3) is 22.2 Å². The highest BCUT2D eigenvalue weighted by molar-refractivity contribution is 5.82. The highest BCUT2D eigenvalue weighted by Gasteiger charge is 2.12. The van der Waals surface area contributed by atoms with Gasteiger partial charge in [-0.25, -0.2) is 4.98 Å². The molecule has 2 heteroatoms. The molecule has 0 aliphatic heterocycles. The zero-order chi connectivity index (χ0) is 21.5. The molecule has 0 atom stereocenters. The minimum Gasteiger partial charge on any atom is -0.311 e. The summed E-state index contributed by atoms with van der Waals surface area (Å²) in [5, 5.41) is 1.16. The van der Waals surface area contributed by atoms with Crippen molar-refractivity contribution in [1.29, 1.82) is 0 Å². The largest absolute Gasteiger partial charge is 0.311 e. The third kappa shape index (κ3) is 4.49. The maximum atomic E-state index is 4.82. The Bertz CT molecular complexity index is 1190. The van der Waals surface area contributed by atoms with E-state index in [1.54, 1.807) is 0 Å². The van der Waals surface area contributed by atoms with E-state index in [2.05, 4.69) is 102 Å². The second kappa shape index (κ2) is 9.73. The van der Waals surface area contributed by atoms with Crippen molar-refractivity contribution in [2.75, 3.05) is 4.90 Å². The summed E-state index contributed by atoms with van der Waals surface area (Å²) in [6, 6.07) is 41.9. The topological polar surface area (TPSA) is 16.1 Å². The van der Waals surface area contributed by atoms with Gasteiger partial charge in [0.2, 0.25) is 0 Å². The highest BCUT2D eigenvalue weighted by Crippen LogP contribution is 2.35. The molecule has 0 amide bonds. The maximum absolute atomic E-state index is 4.82. The van der Waals surface area contributed by atoms with Crippen LogP contribution >= 0.6 is 0 Å². The zero-order valence-electron chi connectivity index (χ0n) is 17.9. The SMILES string of the molecule is CC.c1ccc(N(c2ccccc2)c2ccc(-c3ccc4ccccc4n3)cc2)cc1. The fourth-order valence-corrected chi connectivity index (χ4v) is 3.61. The van der Waals surface area contributed by atoms with Crippen molar-refractivity contribution in [1.82, 2.24) is 4.98 Å². The van der Waals surface area contributed by atoms with E-state index in [0.717, 1.165) is 39.2 Å². The van der Waals surface area contributed by atoms with Gasteiger partial charge in [0.05, 0.1) is 11.2 Å². The highest BCUT2D eigenvalue weighted by atomic mass is 15.1. The third-order valence-electron chi connectivity index (χ3n) is 5.05. The van der Waals surface area contributed by atoms with Crippen LogP contribution in [0.2, 0.25) is 0 Å². The third-order valence-corrected chi connectivity index (χ3v) is 5.05. The van der Waals surface area contributed by atoms with Gasteiger partial charge in [-0.15, -0.1) is 0 Å². The normalized spacial score (nSPS) is 10.3. The van der Waals surface area contributed by atoms with Crippen LogP contribution < -0.4 is 4.90 Å². The van der Waals surface area contributed by atoms with Gasteiger partial charge >= 0.3 is 0 Å². The van der Waals surface area contributed by atoms with Gasteiger partial charge in [0, 0.05) is 28.0 Å². The summed E-state index contributed by atoms with van der Waals surface area (Å²) in [7, 11) is 0. The maximum Gasteiger partial charge on any atom is 0.0709 e. The Balaban J connectivity index is 0.00000112. The number of anilines is 3. The first kappa shape index (κ1) is 20.4. The predicted molar refractivity (Wildman–Crippen MR) is 133 cm³/mol. The van der Waals surface area contributed by atoms with Gasteiger partial charge < -0.3 is 4.90 Å². The molecule has 1 aromatic heterocycles. The lowest BCUT2D eigenvalue weighted by Gasteiger charge is -2.25. The Morgan fingerprint density at radius 1 is 0.484 bits per heavy atom. The second-order valence-corrected chi connectivity index (χ2v) is 6.94. The molecule has 0 saturated carbocycles. The number of para-hydroxylation sites is 3. The summed E-state index contributed by atoms with van der Waals surface area (Å²) in [5.41, 5.74) is 6.50. The number of hydrogen-bond acceptors (Lipinski definition) is 2. The quantitative estimate of drug-likeness (QED) is 0.300. The molecule has 4 aromatic carbocycles. The predicted octanol–water partition coefficient (Wildman–Crippen LogP) is 8.40. The van der Waals surface area contributed by atoms with Crippen LogP contribution in [-0.2, 0) is 0 Å². The first-order valence-electron chi connectivity index (χ1n) is 10.7. The molecule has 0 aliphatic rings. The molecule has 0 spiro atoms. The molecule has 5 rings (SSSR count). The lowest BCUT2D eigenvalue weighted by atomic mass is 10.1. The number of benzene rings is 4. The van der Waals surface area contributed by atoms with Crippen molar-refractivity contribution < 1.29 is 0 Å².